The topological polar surface area (TPSA) is 63.2 Å². The van der Waals surface area contributed by atoms with E-state index in [-0.39, 0.29) is 30.7 Å². The first kappa shape index (κ1) is 21.3. The van der Waals surface area contributed by atoms with E-state index in [9.17, 15) is 4.79 Å². The summed E-state index contributed by atoms with van der Waals surface area (Å²) in [5.74, 6) is 1.17. The van der Waals surface area contributed by atoms with E-state index >= 15 is 0 Å². The van der Waals surface area contributed by atoms with E-state index in [4.69, 9.17) is 16.3 Å². The van der Waals surface area contributed by atoms with Gasteiger partial charge >= 0.3 is 0 Å². The van der Waals surface area contributed by atoms with Crippen molar-refractivity contribution >= 4 is 42.3 Å². The Hall–Kier alpha value is -0.750. The molecule has 2 saturated heterocycles. The summed E-state index contributed by atoms with van der Waals surface area (Å²) < 4.78 is 5.45. The number of halogens is 3. The number of carbonyl (C=O) groups excluding carboxylic acids is 1. The number of aromatic nitrogens is 1. The monoisotopic (exact) mass is 395 g/mol. The Morgan fingerprint density at radius 2 is 2.00 bits per heavy atom. The van der Waals surface area contributed by atoms with Crippen LogP contribution in [0.25, 0.3) is 0 Å². The Bertz CT molecular complexity index is 504. The Kier molecular flexibility index (Phi) is 9.13. The van der Waals surface area contributed by atoms with Crippen LogP contribution in [0.4, 0.5) is 0 Å². The summed E-state index contributed by atoms with van der Waals surface area (Å²) in [5, 5.41) is 7.10. The molecule has 0 radical (unpaired) electrons. The van der Waals surface area contributed by atoms with E-state index in [1.54, 1.807) is 18.3 Å². The molecule has 2 atom stereocenters. The van der Waals surface area contributed by atoms with Gasteiger partial charge in [-0.05, 0) is 37.7 Å². The van der Waals surface area contributed by atoms with Gasteiger partial charge in [0.15, 0.2) is 0 Å². The zero-order chi connectivity index (χ0) is 15.4. The van der Waals surface area contributed by atoms with Gasteiger partial charge in [0.05, 0.1) is 11.6 Å². The lowest BCUT2D eigenvalue weighted by Crippen LogP contribution is -2.40. The molecule has 3 heterocycles. The maximum atomic E-state index is 12.0. The van der Waals surface area contributed by atoms with Gasteiger partial charge in [-0.25, -0.2) is 4.98 Å². The fourth-order valence-electron chi connectivity index (χ4n) is 3.47. The van der Waals surface area contributed by atoms with Crippen LogP contribution in [-0.2, 0) is 4.79 Å². The summed E-state index contributed by atoms with van der Waals surface area (Å²) in [6.07, 6.45) is 6.98. The van der Waals surface area contributed by atoms with Crippen molar-refractivity contribution in [2.24, 2.45) is 5.92 Å². The molecule has 2 aliphatic rings. The summed E-state index contributed by atoms with van der Waals surface area (Å²) in [7, 11) is 0. The number of nitrogens with zero attached hydrogens (tertiary/aromatic N) is 1. The molecule has 2 N–H and O–H groups in total. The molecular formula is C16H24Cl3N3O2. The van der Waals surface area contributed by atoms with Crippen LogP contribution < -0.4 is 15.4 Å². The molecule has 8 heteroatoms. The van der Waals surface area contributed by atoms with Gasteiger partial charge < -0.3 is 15.4 Å². The molecule has 1 aromatic heterocycles. The Morgan fingerprint density at radius 3 is 2.62 bits per heavy atom. The van der Waals surface area contributed by atoms with Crippen LogP contribution in [0.5, 0.6) is 5.88 Å². The highest BCUT2D eigenvalue weighted by molar-refractivity contribution is 6.30. The molecule has 2 bridgehead atoms. The Labute approximate surface area is 160 Å². The number of nitrogens with one attached hydrogen (secondary N) is 2. The number of carbonyl (C=O) groups is 1. The van der Waals surface area contributed by atoms with Gasteiger partial charge in [-0.2, -0.15) is 0 Å². The predicted octanol–water partition coefficient (Wildman–Crippen LogP) is 2.99. The largest absolute Gasteiger partial charge is 0.476 e. The molecule has 2 aliphatic heterocycles. The summed E-state index contributed by atoms with van der Waals surface area (Å²) in [4.78, 5) is 16.0. The standard InChI is InChI=1S/C16H22ClN3O2.2ClH/c17-12-1-4-16(19-10-12)22-6-5-18-15(21)9-11-7-13-2-3-14(8-11)20-13;;/h1,4,10-11,13-14,20H,2-3,5-9H2,(H,18,21);2*1H. The van der Waals surface area contributed by atoms with E-state index in [2.05, 4.69) is 15.6 Å². The minimum Gasteiger partial charge on any atom is -0.476 e. The van der Waals surface area contributed by atoms with E-state index in [0.717, 1.165) is 12.8 Å². The third-order valence-electron chi connectivity index (χ3n) is 4.42. The van der Waals surface area contributed by atoms with Crippen molar-refractivity contribution < 1.29 is 9.53 Å². The third-order valence-corrected chi connectivity index (χ3v) is 4.64. The fourth-order valence-corrected chi connectivity index (χ4v) is 3.58. The van der Waals surface area contributed by atoms with E-state index in [1.165, 1.54) is 12.8 Å². The van der Waals surface area contributed by atoms with Crippen LogP contribution in [-0.4, -0.2) is 36.1 Å². The van der Waals surface area contributed by atoms with Gasteiger partial charge in [-0.15, -0.1) is 24.8 Å². The highest BCUT2D eigenvalue weighted by atomic mass is 35.5. The molecule has 0 aliphatic carbocycles. The summed E-state index contributed by atoms with van der Waals surface area (Å²) in [5.41, 5.74) is 0. The molecule has 2 fully saturated rings. The fraction of sp³-hybridized carbons (Fsp3) is 0.625. The maximum absolute atomic E-state index is 12.0. The molecule has 1 amide bonds. The van der Waals surface area contributed by atoms with E-state index in [0.29, 0.717) is 48.5 Å². The molecule has 1 aromatic rings. The maximum Gasteiger partial charge on any atom is 0.220 e. The first-order chi connectivity index (χ1) is 10.7. The van der Waals surface area contributed by atoms with Gasteiger partial charge in [-0.1, -0.05) is 11.6 Å². The summed E-state index contributed by atoms with van der Waals surface area (Å²) >= 11 is 5.75. The second kappa shape index (κ2) is 10.3. The zero-order valence-corrected chi connectivity index (χ0v) is 15.8. The predicted molar refractivity (Wildman–Crippen MR) is 99.5 cm³/mol. The summed E-state index contributed by atoms with van der Waals surface area (Å²) in [6, 6.07) is 4.72. The van der Waals surface area contributed by atoms with Crippen LogP contribution in [0.15, 0.2) is 18.3 Å². The number of pyridine rings is 1. The quantitative estimate of drug-likeness (QED) is 0.726. The molecule has 0 saturated carbocycles. The van der Waals surface area contributed by atoms with Gasteiger partial charge in [0.1, 0.15) is 6.61 Å². The first-order valence-electron chi connectivity index (χ1n) is 7.96. The first-order valence-corrected chi connectivity index (χ1v) is 8.34. The number of piperidine rings is 1. The van der Waals surface area contributed by atoms with Gasteiger partial charge in [-0.3, -0.25) is 4.79 Å². The molecule has 5 nitrogen and oxygen atoms in total. The highest BCUT2D eigenvalue weighted by Crippen LogP contribution is 2.32. The number of hydrogen-bond acceptors (Lipinski definition) is 4. The van der Waals surface area contributed by atoms with E-state index < -0.39 is 0 Å². The number of hydrogen-bond donors (Lipinski definition) is 2. The van der Waals surface area contributed by atoms with Crippen LogP contribution in [0.3, 0.4) is 0 Å². The molecule has 24 heavy (non-hydrogen) atoms. The van der Waals surface area contributed by atoms with Crippen molar-refractivity contribution in [2.45, 2.75) is 44.2 Å². The Balaban J connectivity index is 0.00000144. The van der Waals surface area contributed by atoms with Crippen LogP contribution in [0, 0.1) is 5.92 Å². The number of rotatable bonds is 6. The smallest absolute Gasteiger partial charge is 0.220 e. The van der Waals surface area contributed by atoms with Crippen LogP contribution >= 0.6 is 36.4 Å². The molecule has 0 spiro atoms. The minimum absolute atomic E-state index is 0. The summed E-state index contributed by atoms with van der Waals surface area (Å²) in [6.45, 7) is 0.915. The SMILES string of the molecule is Cl.Cl.O=C(CC1CC2CCC(C1)N2)NCCOc1ccc(Cl)cn1. The van der Waals surface area contributed by atoms with Crippen molar-refractivity contribution in [1.82, 2.24) is 15.6 Å². The highest BCUT2D eigenvalue weighted by Gasteiger charge is 2.33. The normalized spacial score (nSPS) is 24.5. The number of amides is 1. The molecule has 3 rings (SSSR count). The van der Waals surface area contributed by atoms with Gasteiger partial charge in [0.2, 0.25) is 11.8 Å². The van der Waals surface area contributed by atoms with Gasteiger partial charge in [0.25, 0.3) is 0 Å². The average molecular weight is 397 g/mol. The van der Waals surface area contributed by atoms with Crippen molar-refractivity contribution in [3.05, 3.63) is 23.4 Å². The van der Waals surface area contributed by atoms with Gasteiger partial charge in [0, 0.05) is 30.8 Å². The second-order valence-electron chi connectivity index (χ2n) is 6.19. The second-order valence-corrected chi connectivity index (χ2v) is 6.63. The Morgan fingerprint density at radius 1 is 1.29 bits per heavy atom. The van der Waals surface area contributed by atoms with Crippen molar-refractivity contribution in [3.8, 4) is 5.88 Å². The molecule has 0 aromatic carbocycles. The van der Waals surface area contributed by atoms with Crippen molar-refractivity contribution in [1.29, 1.82) is 0 Å². The van der Waals surface area contributed by atoms with Crippen molar-refractivity contribution in [2.75, 3.05) is 13.2 Å². The average Bonchev–Trinajstić information content (AvgIpc) is 2.84. The number of fused-ring (bicyclic) bond motifs is 2. The van der Waals surface area contributed by atoms with Crippen LogP contribution in [0.2, 0.25) is 5.02 Å². The zero-order valence-electron chi connectivity index (χ0n) is 13.4. The molecular weight excluding hydrogens is 373 g/mol. The lowest BCUT2D eigenvalue weighted by atomic mass is 9.89. The van der Waals surface area contributed by atoms with Crippen molar-refractivity contribution in [3.63, 3.8) is 0 Å². The lowest BCUT2D eigenvalue weighted by Gasteiger charge is -2.28. The van der Waals surface area contributed by atoms with E-state index in [1.807, 2.05) is 0 Å². The lowest BCUT2D eigenvalue weighted by molar-refractivity contribution is -0.122. The van der Waals surface area contributed by atoms with Crippen LogP contribution in [0.1, 0.15) is 32.1 Å². The third kappa shape index (κ3) is 6.28. The number of ether oxygens (including phenoxy) is 1. The molecule has 136 valence electrons. The minimum atomic E-state index is 0. The molecule has 2 unspecified atom stereocenters.